The summed E-state index contributed by atoms with van der Waals surface area (Å²) in [6, 6.07) is 5.79. The molecule has 5 heteroatoms. The van der Waals surface area contributed by atoms with Gasteiger partial charge in [-0.15, -0.1) is 0 Å². The lowest BCUT2D eigenvalue weighted by atomic mass is 9.98. The van der Waals surface area contributed by atoms with Crippen molar-refractivity contribution >= 4 is 5.91 Å². The van der Waals surface area contributed by atoms with E-state index in [-0.39, 0.29) is 11.8 Å². The predicted molar refractivity (Wildman–Crippen MR) is 79.8 cm³/mol. The summed E-state index contributed by atoms with van der Waals surface area (Å²) < 4.78 is 10.6. The van der Waals surface area contributed by atoms with Gasteiger partial charge >= 0.3 is 0 Å². The molecule has 1 unspecified atom stereocenters. The molecule has 1 fully saturated rings. The average Bonchev–Trinajstić information content (AvgIpc) is 2.94. The molecule has 0 aliphatic carbocycles. The van der Waals surface area contributed by atoms with Gasteiger partial charge in [-0.05, 0) is 38.0 Å². The van der Waals surface area contributed by atoms with Crippen LogP contribution in [-0.4, -0.2) is 48.8 Å². The van der Waals surface area contributed by atoms with E-state index in [0.717, 1.165) is 23.5 Å². The van der Waals surface area contributed by atoms with Gasteiger partial charge in [0.1, 0.15) is 17.1 Å². The molecule has 1 amide bonds. The van der Waals surface area contributed by atoms with Crippen molar-refractivity contribution in [1.82, 2.24) is 4.90 Å². The molecule has 1 aromatic carbocycles. The number of ether oxygens (including phenoxy) is 2. The van der Waals surface area contributed by atoms with Gasteiger partial charge in [0.05, 0.1) is 14.2 Å². The number of amides is 1. The SMILES string of the molecule is COc1cc(OC)cc(C2CCN(C(=O)C(C)(C)O)C2)c1. The number of likely N-dealkylation sites (tertiary alicyclic amines) is 1. The van der Waals surface area contributed by atoms with Crippen molar-refractivity contribution in [3.8, 4) is 11.5 Å². The highest BCUT2D eigenvalue weighted by atomic mass is 16.5. The maximum Gasteiger partial charge on any atom is 0.253 e. The van der Waals surface area contributed by atoms with E-state index in [2.05, 4.69) is 0 Å². The van der Waals surface area contributed by atoms with Crippen LogP contribution in [0.4, 0.5) is 0 Å². The number of hydrogen-bond donors (Lipinski definition) is 1. The fourth-order valence-electron chi connectivity index (χ4n) is 2.67. The van der Waals surface area contributed by atoms with Crippen LogP contribution < -0.4 is 9.47 Å². The molecular weight excluding hydrogens is 270 g/mol. The number of aliphatic hydroxyl groups is 1. The van der Waals surface area contributed by atoms with Gasteiger partial charge in [0.2, 0.25) is 0 Å². The lowest BCUT2D eigenvalue weighted by molar-refractivity contribution is -0.146. The first-order valence-electron chi connectivity index (χ1n) is 7.10. The van der Waals surface area contributed by atoms with Gasteiger partial charge in [0.25, 0.3) is 5.91 Å². The van der Waals surface area contributed by atoms with Crippen LogP contribution in [0, 0.1) is 0 Å². The fourth-order valence-corrected chi connectivity index (χ4v) is 2.67. The lowest BCUT2D eigenvalue weighted by Gasteiger charge is -2.24. The van der Waals surface area contributed by atoms with Crippen LogP contribution in [0.15, 0.2) is 18.2 Å². The number of carbonyl (C=O) groups is 1. The van der Waals surface area contributed by atoms with E-state index in [4.69, 9.17) is 9.47 Å². The molecule has 0 aromatic heterocycles. The molecule has 1 atom stereocenters. The van der Waals surface area contributed by atoms with E-state index in [1.807, 2.05) is 18.2 Å². The van der Waals surface area contributed by atoms with Gasteiger partial charge in [-0.1, -0.05) is 0 Å². The van der Waals surface area contributed by atoms with E-state index >= 15 is 0 Å². The number of methoxy groups -OCH3 is 2. The third-order valence-corrected chi connectivity index (χ3v) is 3.84. The van der Waals surface area contributed by atoms with Crippen molar-refractivity contribution in [1.29, 1.82) is 0 Å². The zero-order chi connectivity index (χ0) is 15.6. The molecule has 0 spiro atoms. The Morgan fingerprint density at radius 1 is 1.24 bits per heavy atom. The standard InChI is InChI=1S/C16H23NO4/c1-16(2,19)15(18)17-6-5-11(10-17)12-7-13(20-3)9-14(8-12)21-4/h7-9,11,19H,5-6,10H2,1-4H3. The quantitative estimate of drug-likeness (QED) is 0.919. The summed E-state index contributed by atoms with van der Waals surface area (Å²) in [6.07, 6.45) is 0.873. The molecular formula is C16H23NO4. The smallest absolute Gasteiger partial charge is 0.253 e. The van der Waals surface area contributed by atoms with E-state index < -0.39 is 5.60 Å². The first-order valence-corrected chi connectivity index (χ1v) is 7.10. The summed E-state index contributed by atoms with van der Waals surface area (Å²) in [7, 11) is 3.24. The van der Waals surface area contributed by atoms with Gasteiger partial charge < -0.3 is 19.5 Å². The van der Waals surface area contributed by atoms with Gasteiger partial charge in [0.15, 0.2) is 0 Å². The molecule has 5 nitrogen and oxygen atoms in total. The molecule has 1 aliphatic rings. The van der Waals surface area contributed by atoms with Crippen LogP contribution in [0.1, 0.15) is 31.7 Å². The number of carbonyl (C=O) groups excluding carboxylic acids is 1. The number of benzene rings is 1. The monoisotopic (exact) mass is 293 g/mol. The minimum atomic E-state index is -1.32. The van der Waals surface area contributed by atoms with Crippen molar-refractivity contribution < 1.29 is 19.4 Å². The molecule has 1 aromatic rings. The Bertz CT molecular complexity index is 499. The first kappa shape index (κ1) is 15.6. The van der Waals surface area contributed by atoms with Crippen LogP contribution in [-0.2, 0) is 4.79 Å². The Labute approximate surface area is 125 Å². The molecule has 21 heavy (non-hydrogen) atoms. The molecule has 2 rings (SSSR count). The Kier molecular flexibility index (Phi) is 4.42. The van der Waals surface area contributed by atoms with Gasteiger partial charge in [-0.25, -0.2) is 0 Å². The van der Waals surface area contributed by atoms with Crippen molar-refractivity contribution in [2.45, 2.75) is 31.8 Å². The van der Waals surface area contributed by atoms with E-state index in [1.165, 1.54) is 13.8 Å². The fraction of sp³-hybridized carbons (Fsp3) is 0.562. The summed E-state index contributed by atoms with van der Waals surface area (Å²) in [5.41, 5.74) is -0.224. The normalized spacial score (nSPS) is 18.7. The zero-order valence-electron chi connectivity index (χ0n) is 13.0. The minimum Gasteiger partial charge on any atom is -0.497 e. The van der Waals surface area contributed by atoms with Crippen molar-refractivity contribution in [2.75, 3.05) is 27.3 Å². The van der Waals surface area contributed by atoms with Crippen LogP contribution in [0.2, 0.25) is 0 Å². The zero-order valence-corrected chi connectivity index (χ0v) is 13.0. The Morgan fingerprint density at radius 3 is 2.29 bits per heavy atom. The molecule has 1 saturated heterocycles. The molecule has 0 bridgehead atoms. The van der Waals surface area contributed by atoms with Crippen LogP contribution in [0.3, 0.4) is 0 Å². The summed E-state index contributed by atoms with van der Waals surface area (Å²) in [5, 5.41) is 9.84. The maximum absolute atomic E-state index is 12.1. The maximum atomic E-state index is 12.1. The van der Waals surface area contributed by atoms with Crippen molar-refractivity contribution in [3.05, 3.63) is 23.8 Å². The third kappa shape index (κ3) is 3.47. The molecule has 1 heterocycles. The van der Waals surface area contributed by atoms with Gasteiger partial charge in [-0.2, -0.15) is 0 Å². The van der Waals surface area contributed by atoms with E-state index in [0.29, 0.717) is 13.1 Å². The molecule has 1 aliphatic heterocycles. The minimum absolute atomic E-state index is 0.222. The second-order valence-electron chi connectivity index (χ2n) is 5.94. The third-order valence-electron chi connectivity index (χ3n) is 3.84. The van der Waals surface area contributed by atoms with Crippen LogP contribution in [0.5, 0.6) is 11.5 Å². The highest BCUT2D eigenvalue weighted by Gasteiger charge is 2.34. The van der Waals surface area contributed by atoms with Crippen LogP contribution in [0.25, 0.3) is 0 Å². The topological polar surface area (TPSA) is 59.0 Å². The Hall–Kier alpha value is -1.75. The Balaban J connectivity index is 2.16. The summed E-state index contributed by atoms with van der Waals surface area (Å²) in [5.74, 6) is 1.51. The lowest BCUT2D eigenvalue weighted by Crippen LogP contribution is -2.43. The molecule has 116 valence electrons. The Morgan fingerprint density at radius 2 is 1.81 bits per heavy atom. The summed E-state index contributed by atoms with van der Waals surface area (Å²) >= 11 is 0. The van der Waals surface area contributed by atoms with Gasteiger partial charge in [0, 0.05) is 25.1 Å². The number of hydrogen-bond acceptors (Lipinski definition) is 4. The van der Waals surface area contributed by atoms with Gasteiger partial charge in [-0.3, -0.25) is 4.79 Å². The molecule has 0 radical (unpaired) electrons. The van der Waals surface area contributed by atoms with Crippen molar-refractivity contribution in [3.63, 3.8) is 0 Å². The van der Waals surface area contributed by atoms with E-state index in [1.54, 1.807) is 19.1 Å². The first-order chi connectivity index (χ1) is 9.85. The molecule has 0 saturated carbocycles. The van der Waals surface area contributed by atoms with Crippen LogP contribution >= 0.6 is 0 Å². The summed E-state index contributed by atoms with van der Waals surface area (Å²) in [4.78, 5) is 13.8. The average molecular weight is 293 g/mol. The second-order valence-corrected chi connectivity index (χ2v) is 5.94. The summed E-state index contributed by atoms with van der Waals surface area (Å²) in [6.45, 7) is 4.32. The second kappa shape index (κ2) is 5.93. The highest BCUT2D eigenvalue weighted by molar-refractivity contribution is 5.84. The number of nitrogens with zero attached hydrogens (tertiary/aromatic N) is 1. The molecule has 1 N–H and O–H groups in total. The predicted octanol–water partition coefficient (Wildman–Crippen LogP) is 1.79. The van der Waals surface area contributed by atoms with E-state index in [9.17, 15) is 9.90 Å². The van der Waals surface area contributed by atoms with Crippen molar-refractivity contribution in [2.24, 2.45) is 0 Å². The largest absolute Gasteiger partial charge is 0.497 e. The highest BCUT2D eigenvalue weighted by Crippen LogP contribution is 2.33. The number of rotatable bonds is 4.